The molecule has 1 aromatic heterocycles. The smallest absolute Gasteiger partial charge is 0.0518 e. The molecule has 0 unspecified atom stereocenters. The average Bonchev–Trinajstić information content (AvgIpc) is 2.87. The number of likely N-dealkylation sites (N-methyl/N-ethyl adjacent to an activating group) is 1. The van der Waals surface area contributed by atoms with E-state index in [-0.39, 0.29) is 0 Å². The Hall–Kier alpha value is -1.32. The van der Waals surface area contributed by atoms with Gasteiger partial charge in [-0.15, -0.1) is 0 Å². The maximum Gasteiger partial charge on any atom is 0.0518 e. The van der Waals surface area contributed by atoms with Gasteiger partial charge in [-0.1, -0.05) is 19.9 Å². The summed E-state index contributed by atoms with van der Waals surface area (Å²) in [7, 11) is 2.24. The van der Waals surface area contributed by atoms with Gasteiger partial charge in [-0.25, -0.2) is 0 Å². The van der Waals surface area contributed by atoms with Crippen LogP contribution in [0.2, 0.25) is 0 Å². The second-order valence-electron chi connectivity index (χ2n) is 8.96. The van der Waals surface area contributed by atoms with Crippen LogP contribution < -0.4 is 0 Å². The van der Waals surface area contributed by atoms with Gasteiger partial charge in [-0.3, -0.25) is 0 Å². The summed E-state index contributed by atoms with van der Waals surface area (Å²) < 4.78 is 2.62. The van der Waals surface area contributed by atoms with Gasteiger partial charge in [0.15, 0.2) is 0 Å². The lowest BCUT2D eigenvalue weighted by molar-refractivity contribution is 0.155. The molecular weight excluding hydrogens is 318 g/mol. The maximum absolute atomic E-state index is 2.65. The fourth-order valence-electron chi connectivity index (χ4n) is 4.98. The van der Waals surface area contributed by atoms with E-state index >= 15 is 0 Å². The molecule has 2 aliphatic rings. The van der Waals surface area contributed by atoms with Gasteiger partial charge in [0.25, 0.3) is 0 Å². The number of nitrogens with zero attached hydrogens (tertiary/aromatic N) is 3. The first-order chi connectivity index (χ1) is 12.5. The summed E-state index contributed by atoms with van der Waals surface area (Å²) in [5.74, 6) is 0.722. The number of hydrogen-bond donors (Lipinski definition) is 0. The highest BCUT2D eigenvalue weighted by molar-refractivity contribution is 5.89. The number of aryl methyl sites for hydroxylation is 2. The van der Waals surface area contributed by atoms with E-state index in [2.05, 4.69) is 54.3 Å². The molecule has 0 aliphatic carbocycles. The maximum atomic E-state index is 2.65. The van der Waals surface area contributed by atoms with E-state index in [1.807, 2.05) is 0 Å². The Morgan fingerprint density at radius 2 is 1.81 bits per heavy atom. The second-order valence-corrected chi connectivity index (χ2v) is 8.96. The lowest BCUT2D eigenvalue weighted by Crippen LogP contribution is -2.45. The third-order valence-corrected chi connectivity index (χ3v) is 6.43. The highest BCUT2D eigenvalue weighted by Gasteiger charge is 2.22. The van der Waals surface area contributed by atoms with Crippen molar-refractivity contribution < 1.29 is 0 Å². The normalized spacial score (nSPS) is 19.0. The second kappa shape index (κ2) is 7.36. The van der Waals surface area contributed by atoms with Crippen LogP contribution in [-0.2, 0) is 25.8 Å². The molecule has 0 amide bonds. The molecule has 142 valence electrons. The predicted molar refractivity (Wildman–Crippen MR) is 111 cm³/mol. The molecule has 0 bridgehead atoms. The van der Waals surface area contributed by atoms with Crippen molar-refractivity contribution in [3.63, 3.8) is 0 Å². The van der Waals surface area contributed by atoms with Gasteiger partial charge in [0.1, 0.15) is 0 Å². The van der Waals surface area contributed by atoms with Crippen molar-refractivity contribution in [3.05, 3.63) is 34.5 Å². The van der Waals surface area contributed by atoms with E-state index < -0.39 is 0 Å². The lowest BCUT2D eigenvalue weighted by atomic mass is 9.94. The Morgan fingerprint density at radius 3 is 2.54 bits per heavy atom. The van der Waals surface area contributed by atoms with Crippen molar-refractivity contribution in [1.82, 2.24) is 14.4 Å². The lowest BCUT2D eigenvalue weighted by Gasteiger charge is -2.32. The summed E-state index contributed by atoms with van der Waals surface area (Å²) in [6.07, 6.45) is 4.94. The molecule has 4 rings (SSSR count). The fourth-order valence-corrected chi connectivity index (χ4v) is 4.98. The van der Waals surface area contributed by atoms with Crippen LogP contribution in [0.15, 0.2) is 12.1 Å². The molecule has 0 atom stereocenters. The summed E-state index contributed by atoms with van der Waals surface area (Å²) in [6.45, 7) is 14.3. The van der Waals surface area contributed by atoms with Crippen LogP contribution in [0, 0.1) is 12.8 Å². The van der Waals surface area contributed by atoms with Crippen LogP contribution in [0.5, 0.6) is 0 Å². The van der Waals surface area contributed by atoms with E-state index in [0.717, 1.165) is 5.92 Å². The van der Waals surface area contributed by atoms with E-state index in [9.17, 15) is 0 Å². The van der Waals surface area contributed by atoms with Gasteiger partial charge in [-0.2, -0.15) is 0 Å². The Bertz CT molecular complexity index is 779. The number of benzene rings is 1. The number of aromatic nitrogens is 1. The minimum Gasteiger partial charge on any atom is -0.344 e. The van der Waals surface area contributed by atoms with Crippen LogP contribution in [0.25, 0.3) is 10.9 Å². The van der Waals surface area contributed by atoms with E-state index in [4.69, 9.17) is 0 Å². The van der Waals surface area contributed by atoms with Crippen molar-refractivity contribution in [2.75, 3.05) is 39.8 Å². The number of hydrogen-bond acceptors (Lipinski definition) is 2. The highest BCUT2D eigenvalue weighted by Crippen LogP contribution is 2.34. The van der Waals surface area contributed by atoms with Crippen LogP contribution in [0.1, 0.15) is 42.7 Å². The molecule has 1 fully saturated rings. The zero-order chi connectivity index (χ0) is 18.3. The predicted octanol–water partition coefficient (Wildman–Crippen LogP) is 3.88. The minimum absolute atomic E-state index is 0.722. The fraction of sp³-hybridized carbons (Fsp3) is 0.652. The standard InChI is InChI=1S/C23H35N3/c1-17(2)14-19-15-20-6-5-8-26-18(3)21(22(16-19)23(20)26)7-9-25-12-10-24(4)11-13-25/h15-17H,5-14H2,1-4H3. The Kier molecular flexibility index (Phi) is 5.11. The first-order valence-corrected chi connectivity index (χ1v) is 10.6. The van der Waals surface area contributed by atoms with Crippen molar-refractivity contribution in [3.8, 4) is 0 Å². The van der Waals surface area contributed by atoms with Gasteiger partial charge < -0.3 is 14.4 Å². The molecule has 1 saturated heterocycles. The molecule has 26 heavy (non-hydrogen) atoms. The summed E-state index contributed by atoms with van der Waals surface area (Å²) >= 11 is 0. The van der Waals surface area contributed by atoms with Crippen LogP contribution in [0.3, 0.4) is 0 Å². The first-order valence-electron chi connectivity index (χ1n) is 10.6. The van der Waals surface area contributed by atoms with Gasteiger partial charge in [0.2, 0.25) is 0 Å². The van der Waals surface area contributed by atoms with Crippen LogP contribution in [0.4, 0.5) is 0 Å². The molecule has 2 aromatic rings. The molecule has 0 radical (unpaired) electrons. The number of piperazine rings is 1. The molecule has 3 nitrogen and oxygen atoms in total. The SMILES string of the molecule is Cc1c(CCN2CCN(C)CC2)c2cc(CC(C)C)cc3c2n1CCC3. The number of rotatable bonds is 5. The van der Waals surface area contributed by atoms with Crippen molar-refractivity contribution in [2.24, 2.45) is 5.92 Å². The monoisotopic (exact) mass is 353 g/mol. The molecule has 2 aliphatic heterocycles. The zero-order valence-corrected chi connectivity index (χ0v) is 17.1. The van der Waals surface area contributed by atoms with Gasteiger partial charge >= 0.3 is 0 Å². The van der Waals surface area contributed by atoms with Crippen LogP contribution >= 0.6 is 0 Å². The molecule has 0 saturated carbocycles. The quantitative estimate of drug-likeness (QED) is 0.808. The topological polar surface area (TPSA) is 11.4 Å². The third-order valence-electron chi connectivity index (χ3n) is 6.43. The molecule has 3 heterocycles. The first kappa shape index (κ1) is 18.1. The Balaban J connectivity index is 1.65. The minimum atomic E-state index is 0.722. The van der Waals surface area contributed by atoms with E-state index in [0.29, 0.717) is 0 Å². The van der Waals surface area contributed by atoms with Crippen molar-refractivity contribution in [2.45, 2.75) is 53.0 Å². The third kappa shape index (κ3) is 3.44. The van der Waals surface area contributed by atoms with Crippen LogP contribution in [-0.4, -0.2) is 54.1 Å². The summed E-state index contributed by atoms with van der Waals surface area (Å²) in [5, 5.41) is 1.56. The Labute approximate surface area is 159 Å². The molecular formula is C23H35N3. The molecule has 0 spiro atoms. The summed E-state index contributed by atoms with van der Waals surface area (Å²) in [4.78, 5) is 5.10. The zero-order valence-electron chi connectivity index (χ0n) is 17.1. The summed E-state index contributed by atoms with van der Waals surface area (Å²) in [6, 6.07) is 5.02. The van der Waals surface area contributed by atoms with Gasteiger partial charge in [-0.05, 0) is 68.3 Å². The van der Waals surface area contributed by atoms with Gasteiger partial charge in [0.05, 0.1) is 5.52 Å². The highest BCUT2D eigenvalue weighted by atomic mass is 15.2. The average molecular weight is 354 g/mol. The van der Waals surface area contributed by atoms with E-state index in [1.54, 1.807) is 27.6 Å². The van der Waals surface area contributed by atoms with Gasteiger partial charge in [0, 0.05) is 50.3 Å². The van der Waals surface area contributed by atoms with E-state index in [1.165, 1.54) is 70.6 Å². The largest absolute Gasteiger partial charge is 0.344 e. The van der Waals surface area contributed by atoms with Crippen molar-refractivity contribution in [1.29, 1.82) is 0 Å². The summed E-state index contributed by atoms with van der Waals surface area (Å²) in [5.41, 5.74) is 7.83. The Morgan fingerprint density at radius 1 is 1.04 bits per heavy atom. The molecule has 1 aromatic carbocycles. The molecule has 3 heteroatoms. The van der Waals surface area contributed by atoms with Crippen molar-refractivity contribution >= 4 is 10.9 Å². The molecule has 0 N–H and O–H groups in total.